The van der Waals surface area contributed by atoms with Gasteiger partial charge in [-0.3, -0.25) is 14.5 Å². The standard InChI is InChI=1S/C32H34N6O5/c33-31(40)32(42-19-20-43-32)28(21-23-5-2-1-3-6-23)35-30(39)26-7-4-13-34-29(26)38-14-12-27(36-38)25-10-8-24(9-11-25)22-37-15-17-41-18-16-37/h1-14,28H,15-22H2,(H2,33,40)(H,35,39). The van der Waals surface area contributed by atoms with E-state index in [2.05, 4.69) is 27.3 Å². The summed E-state index contributed by atoms with van der Waals surface area (Å²) in [6.45, 7) is 4.65. The van der Waals surface area contributed by atoms with Crippen LogP contribution in [-0.4, -0.2) is 82.8 Å². The number of rotatable bonds is 10. The topological polar surface area (TPSA) is 134 Å². The molecule has 0 radical (unpaired) electrons. The number of morpholine rings is 1. The molecule has 2 aliphatic heterocycles. The fourth-order valence-electron chi connectivity index (χ4n) is 5.46. The van der Waals surface area contributed by atoms with Gasteiger partial charge in [-0.15, -0.1) is 0 Å². The predicted molar refractivity (Wildman–Crippen MR) is 158 cm³/mol. The first-order valence-electron chi connectivity index (χ1n) is 14.3. The summed E-state index contributed by atoms with van der Waals surface area (Å²) in [6, 6.07) is 22.1. The molecule has 2 saturated heterocycles. The van der Waals surface area contributed by atoms with E-state index < -0.39 is 23.6 Å². The average molecular weight is 583 g/mol. The molecule has 43 heavy (non-hydrogen) atoms. The van der Waals surface area contributed by atoms with Crippen molar-refractivity contribution in [1.82, 2.24) is 25.0 Å². The number of carbonyl (C=O) groups excluding carboxylic acids is 2. The molecule has 11 nitrogen and oxygen atoms in total. The molecule has 4 heterocycles. The highest BCUT2D eigenvalue weighted by Gasteiger charge is 2.51. The van der Waals surface area contributed by atoms with Crippen LogP contribution < -0.4 is 11.1 Å². The van der Waals surface area contributed by atoms with E-state index in [4.69, 9.17) is 25.0 Å². The Morgan fingerprint density at radius 3 is 2.37 bits per heavy atom. The van der Waals surface area contributed by atoms with Crippen molar-refractivity contribution in [3.8, 4) is 17.1 Å². The highest BCUT2D eigenvalue weighted by Crippen LogP contribution is 2.27. The van der Waals surface area contributed by atoms with E-state index >= 15 is 0 Å². The Hall–Kier alpha value is -4.42. The summed E-state index contributed by atoms with van der Waals surface area (Å²) in [5.74, 6) is -2.71. The quantitative estimate of drug-likeness (QED) is 0.291. The Morgan fingerprint density at radius 2 is 1.65 bits per heavy atom. The molecule has 222 valence electrons. The Kier molecular flexibility index (Phi) is 8.57. The molecule has 2 aromatic heterocycles. The van der Waals surface area contributed by atoms with Gasteiger partial charge in [-0.25, -0.2) is 9.67 Å². The van der Waals surface area contributed by atoms with Crippen molar-refractivity contribution < 1.29 is 23.8 Å². The van der Waals surface area contributed by atoms with Gasteiger partial charge in [-0.2, -0.15) is 5.10 Å². The molecule has 4 aromatic rings. The first-order chi connectivity index (χ1) is 21.0. The smallest absolute Gasteiger partial charge is 0.280 e. The molecule has 2 amide bonds. The number of aromatic nitrogens is 3. The van der Waals surface area contributed by atoms with Crippen molar-refractivity contribution in [2.24, 2.45) is 5.73 Å². The number of pyridine rings is 1. The van der Waals surface area contributed by atoms with E-state index in [1.54, 1.807) is 29.2 Å². The van der Waals surface area contributed by atoms with Crippen molar-refractivity contribution in [3.05, 3.63) is 102 Å². The molecule has 2 aromatic carbocycles. The third-order valence-corrected chi connectivity index (χ3v) is 7.70. The van der Waals surface area contributed by atoms with Gasteiger partial charge in [0.2, 0.25) is 0 Å². The number of amides is 2. The molecule has 0 saturated carbocycles. The van der Waals surface area contributed by atoms with Gasteiger partial charge in [0.25, 0.3) is 17.6 Å². The number of hydrogen-bond donors (Lipinski definition) is 2. The molecule has 3 N–H and O–H groups in total. The second-order valence-electron chi connectivity index (χ2n) is 10.6. The minimum Gasteiger partial charge on any atom is -0.379 e. The zero-order chi connectivity index (χ0) is 29.6. The fraction of sp³-hybridized carbons (Fsp3) is 0.312. The van der Waals surface area contributed by atoms with Crippen molar-refractivity contribution in [2.45, 2.75) is 24.8 Å². The van der Waals surface area contributed by atoms with Gasteiger partial charge in [0.1, 0.15) is 0 Å². The summed E-state index contributed by atoms with van der Waals surface area (Å²) < 4.78 is 18.5. The van der Waals surface area contributed by atoms with E-state index in [0.29, 0.717) is 5.82 Å². The van der Waals surface area contributed by atoms with Gasteiger partial charge < -0.3 is 25.3 Å². The van der Waals surface area contributed by atoms with Crippen LogP contribution in [0.3, 0.4) is 0 Å². The van der Waals surface area contributed by atoms with E-state index in [9.17, 15) is 9.59 Å². The van der Waals surface area contributed by atoms with Crippen LogP contribution >= 0.6 is 0 Å². The summed E-state index contributed by atoms with van der Waals surface area (Å²) in [4.78, 5) is 33.2. The lowest BCUT2D eigenvalue weighted by atomic mass is 9.97. The van der Waals surface area contributed by atoms with Gasteiger partial charge in [0.15, 0.2) is 5.82 Å². The minimum atomic E-state index is -1.79. The molecule has 1 atom stereocenters. The lowest BCUT2D eigenvalue weighted by Crippen LogP contribution is -2.61. The van der Waals surface area contributed by atoms with Crippen molar-refractivity contribution >= 4 is 11.8 Å². The van der Waals surface area contributed by atoms with E-state index in [-0.39, 0.29) is 25.2 Å². The number of primary amides is 1. The normalized spacial score (nSPS) is 17.4. The average Bonchev–Trinajstić information content (AvgIpc) is 3.74. The molecule has 11 heteroatoms. The maximum Gasteiger partial charge on any atom is 0.280 e. The number of hydrogen-bond acceptors (Lipinski definition) is 8. The molecule has 2 aliphatic rings. The summed E-state index contributed by atoms with van der Waals surface area (Å²) in [6.07, 6.45) is 3.63. The molecule has 0 spiro atoms. The highest BCUT2D eigenvalue weighted by atomic mass is 16.7. The lowest BCUT2D eigenvalue weighted by molar-refractivity contribution is -0.189. The SMILES string of the molecule is NC(=O)C1(C(Cc2ccccc2)NC(=O)c2cccnc2-n2ccc(-c3ccc(CN4CCOCC4)cc3)n2)OCCO1. The molecular weight excluding hydrogens is 548 g/mol. The van der Waals surface area contributed by atoms with Crippen LogP contribution in [0.15, 0.2) is 85.2 Å². The maximum atomic E-state index is 13.8. The molecule has 2 fully saturated rings. The zero-order valence-corrected chi connectivity index (χ0v) is 23.7. The molecule has 1 unspecified atom stereocenters. The largest absolute Gasteiger partial charge is 0.379 e. The second-order valence-corrected chi connectivity index (χ2v) is 10.6. The van der Waals surface area contributed by atoms with Crippen LogP contribution in [0.2, 0.25) is 0 Å². The number of nitrogens with one attached hydrogen (secondary N) is 1. The van der Waals surface area contributed by atoms with Gasteiger partial charge in [-0.05, 0) is 35.7 Å². The van der Waals surface area contributed by atoms with Crippen LogP contribution in [-0.2, 0) is 32.0 Å². The molecule has 6 rings (SSSR count). The summed E-state index contributed by atoms with van der Waals surface area (Å²) >= 11 is 0. The first kappa shape index (κ1) is 28.7. The van der Waals surface area contributed by atoms with Crippen molar-refractivity contribution in [1.29, 1.82) is 0 Å². The van der Waals surface area contributed by atoms with Gasteiger partial charge in [0, 0.05) is 37.6 Å². The van der Waals surface area contributed by atoms with Crippen molar-refractivity contribution in [3.63, 3.8) is 0 Å². The van der Waals surface area contributed by atoms with Crippen LogP contribution in [0.25, 0.3) is 17.1 Å². The fourth-order valence-corrected chi connectivity index (χ4v) is 5.46. The zero-order valence-electron chi connectivity index (χ0n) is 23.7. The van der Waals surface area contributed by atoms with E-state index in [1.807, 2.05) is 48.5 Å². The number of ether oxygens (including phenoxy) is 3. The number of nitrogens with zero attached hydrogens (tertiary/aromatic N) is 4. The van der Waals surface area contributed by atoms with Crippen molar-refractivity contribution in [2.75, 3.05) is 39.5 Å². The highest BCUT2D eigenvalue weighted by molar-refractivity contribution is 5.98. The predicted octanol–water partition coefficient (Wildman–Crippen LogP) is 2.34. The van der Waals surface area contributed by atoms with Crippen LogP contribution in [0.5, 0.6) is 0 Å². The molecule has 0 aliphatic carbocycles. The van der Waals surface area contributed by atoms with E-state index in [1.165, 1.54) is 5.56 Å². The Morgan fingerprint density at radius 1 is 0.907 bits per heavy atom. The first-order valence-corrected chi connectivity index (χ1v) is 14.3. The van der Waals surface area contributed by atoms with Crippen LogP contribution in [0, 0.1) is 0 Å². The van der Waals surface area contributed by atoms with Gasteiger partial charge >= 0.3 is 0 Å². The third-order valence-electron chi connectivity index (χ3n) is 7.70. The summed E-state index contributed by atoms with van der Waals surface area (Å²) in [5.41, 5.74) is 9.84. The Labute approximate surface area is 249 Å². The number of carbonyl (C=O) groups is 2. The minimum absolute atomic E-state index is 0.187. The molecule has 0 bridgehead atoms. The Balaban J connectivity index is 1.22. The summed E-state index contributed by atoms with van der Waals surface area (Å²) in [7, 11) is 0. The maximum absolute atomic E-state index is 13.8. The molecular formula is C32H34N6O5. The Bertz CT molecular complexity index is 1550. The third kappa shape index (κ3) is 6.35. The van der Waals surface area contributed by atoms with Crippen LogP contribution in [0.1, 0.15) is 21.5 Å². The van der Waals surface area contributed by atoms with Crippen LogP contribution in [0.4, 0.5) is 0 Å². The second kappa shape index (κ2) is 12.8. The van der Waals surface area contributed by atoms with Gasteiger partial charge in [0.05, 0.1) is 43.7 Å². The summed E-state index contributed by atoms with van der Waals surface area (Å²) in [5, 5.41) is 7.68. The monoisotopic (exact) mass is 582 g/mol. The number of benzene rings is 2. The number of nitrogens with two attached hydrogens (primary N) is 1. The van der Waals surface area contributed by atoms with Gasteiger partial charge in [-0.1, -0.05) is 54.6 Å². The van der Waals surface area contributed by atoms with E-state index in [0.717, 1.165) is 49.7 Å². The lowest BCUT2D eigenvalue weighted by Gasteiger charge is -2.33.